The minimum Gasteiger partial charge on any atom is -0.480 e. The van der Waals surface area contributed by atoms with Crippen molar-refractivity contribution < 1.29 is 14.8 Å². The number of nitro benzene ring substituents is 1. The van der Waals surface area contributed by atoms with E-state index in [2.05, 4.69) is 0 Å². The lowest BCUT2D eigenvalue weighted by atomic mass is 10.3. The van der Waals surface area contributed by atoms with Gasteiger partial charge in [0.2, 0.25) is 0 Å². The predicted octanol–water partition coefficient (Wildman–Crippen LogP) is 1.49. The summed E-state index contributed by atoms with van der Waals surface area (Å²) in [7, 11) is 0. The number of nitro groups is 1. The highest BCUT2D eigenvalue weighted by Crippen LogP contribution is 2.32. The first kappa shape index (κ1) is 13.5. The minimum atomic E-state index is -1.02. The molecule has 1 rings (SSSR count). The van der Waals surface area contributed by atoms with Crippen LogP contribution in [-0.4, -0.2) is 27.8 Å². The summed E-state index contributed by atoms with van der Waals surface area (Å²) in [5.41, 5.74) is 5.23. The van der Waals surface area contributed by atoms with Crippen LogP contribution in [0.25, 0.3) is 0 Å². The Morgan fingerprint density at radius 1 is 1.53 bits per heavy atom. The standard InChI is InChI=1S/C10H12N2O4S/c11-6-5-9(10(13)14)17-8-4-2-1-3-7(8)12(15)16/h1-4,9H,5-6,11H2,(H,13,14). The van der Waals surface area contributed by atoms with Crippen molar-refractivity contribution >= 4 is 23.4 Å². The van der Waals surface area contributed by atoms with Crippen LogP contribution in [0.15, 0.2) is 29.2 Å². The van der Waals surface area contributed by atoms with Crippen LogP contribution in [0, 0.1) is 10.1 Å². The summed E-state index contributed by atoms with van der Waals surface area (Å²) in [5.74, 6) is -1.02. The van der Waals surface area contributed by atoms with Crippen LogP contribution in [-0.2, 0) is 4.79 Å². The Labute approximate surface area is 102 Å². The van der Waals surface area contributed by atoms with Gasteiger partial charge >= 0.3 is 5.97 Å². The fourth-order valence-electron chi connectivity index (χ4n) is 1.25. The number of aliphatic carboxylic acids is 1. The number of nitrogens with zero attached hydrogens (tertiary/aromatic N) is 1. The second kappa shape index (κ2) is 6.21. The van der Waals surface area contributed by atoms with Crippen LogP contribution in [0.3, 0.4) is 0 Å². The van der Waals surface area contributed by atoms with E-state index in [9.17, 15) is 14.9 Å². The van der Waals surface area contributed by atoms with Gasteiger partial charge in [-0.2, -0.15) is 0 Å². The van der Waals surface area contributed by atoms with Crippen LogP contribution < -0.4 is 5.73 Å². The number of carboxylic acids is 1. The second-order valence-electron chi connectivity index (χ2n) is 3.25. The average Bonchev–Trinajstić information content (AvgIpc) is 2.28. The minimum absolute atomic E-state index is 0.0826. The summed E-state index contributed by atoms with van der Waals surface area (Å²) in [6.45, 7) is 0.227. The molecule has 0 bridgehead atoms. The lowest BCUT2D eigenvalue weighted by Gasteiger charge is -2.10. The smallest absolute Gasteiger partial charge is 0.317 e. The molecule has 1 aromatic rings. The highest BCUT2D eigenvalue weighted by Gasteiger charge is 2.22. The van der Waals surface area contributed by atoms with E-state index in [1.807, 2.05) is 0 Å². The van der Waals surface area contributed by atoms with Gasteiger partial charge in [0.25, 0.3) is 5.69 Å². The van der Waals surface area contributed by atoms with Gasteiger partial charge in [-0.25, -0.2) is 0 Å². The number of carboxylic acid groups (broad SMARTS) is 1. The van der Waals surface area contributed by atoms with Gasteiger partial charge in [0.05, 0.1) is 9.82 Å². The lowest BCUT2D eigenvalue weighted by molar-refractivity contribution is -0.387. The molecule has 0 aliphatic heterocycles. The van der Waals surface area contributed by atoms with E-state index in [-0.39, 0.29) is 18.7 Å². The molecule has 0 aliphatic rings. The Balaban J connectivity index is 2.92. The summed E-state index contributed by atoms with van der Waals surface area (Å²) in [5, 5.41) is 18.9. The number of nitrogens with two attached hydrogens (primary N) is 1. The van der Waals surface area contributed by atoms with Crippen molar-refractivity contribution in [3.05, 3.63) is 34.4 Å². The molecule has 92 valence electrons. The van der Waals surface area contributed by atoms with Crippen molar-refractivity contribution in [2.45, 2.75) is 16.6 Å². The molecule has 7 heteroatoms. The highest BCUT2D eigenvalue weighted by atomic mass is 32.2. The number of hydrogen-bond acceptors (Lipinski definition) is 5. The molecule has 0 aromatic heterocycles. The summed E-state index contributed by atoms with van der Waals surface area (Å²) in [6.07, 6.45) is 0.270. The van der Waals surface area contributed by atoms with E-state index in [1.165, 1.54) is 12.1 Å². The van der Waals surface area contributed by atoms with Gasteiger partial charge in [0, 0.05) is 6.07 Å². The van der Waals surface area contributed by atoms with E-state index in [0.29, 0.717) is 4.90 Å². The first-order valence-corrected chi connectivity index (χ1v) is 5.77. The average molecular weight is 256 g/mol. The summed E-state index contributed by atoms with van der Waals surface area (Å²) < 4.78 is 0. The third-order valence-electron chi connectivity index (χ3n) is 2.04. The van der Waals surface area contributed by atoms with E-state index in [1.54, 1.807) is 12.1 Å². The quantitative estimate of drug-likeness (QED) is 0.453. The van der Waals surface area contributed by atoms with Crippen LogP contribution in [0.2, 0.25) is 0 Å². The zero-order valence-corrected chi connectivity index (χ0v) is 9.72. The number of thioether (sulfide) groups is 1. The molecule has 17 heavy (non-hydrogen) atoms. The molecule has 0 radical (unpaired) electrons. The maximum absolute atomic E-state index is 10.9. The first-order chi connectivity index (χ1) is 8.06. The molecule has 1 aromatic carbocycles. The normalized spacial score (nSPS) is 12.1. The summed E-state index contributed by atoms with van der Waals surface area (Å²) in [4.78, 5) is 21.5. The predicted molar refractivity (Wildman–Crippen MR) is 64.0 cm³/mol. The third kappa shape index (κ3) is 3.72. The molecule has 3 N–H and O–H groups in total. The van der Waals surface area contributed by atoms with Crippen molar-refractivity contribution in [3.8, 4) is 0 Å². The van der Waals surface area contributed by atoms with Crippen LogP contribution in [0.5, 0.6) is 0 Å². The van der Waals surface area contributed by atoms with Crippen molar-refractivity contribution in [3.63, 3.8) is 0 Å². The topological polar surface area (TPSA) is 106 Å². The van der Waals surface area contributed by atoms with Crippen molar-refractivity contribution in [2.75, 3.05) is 6.54 Å². The molecule has 0 aliphatic carbocycles. The maximum Gasteiger partial charge on any atom is 0.317 e. The number of benzene rings is 1. The molecule has 0 spiro atoms. The fraction of sp³-hybridized carbons (Fsp3) is 0.300. The number of rotatable bonds is 6. The summed E-state index contributed by atoms with van der Waals surface area (Å²) >= 11 is 0.955. The van der Waals surface area contributed by atoms with Gasteiger partial charge in [-0.05, 0) is 19.0 Å². The van der Waals surface area contributed by atoms with E-state index in [4.69, 9.17) is 10.8 Å². The molecule has 0 amide bonds. The Hall–Kier alpha value is -1.60. The lowest BCUT2D eigenvalue weighted by Crippen LogP contribution is -2.20. The third-order valence-corrected chi connectivity index (χ3v) is 3.36. The monoisotopic (exact) mass is 256 g/mol. The van der Waals surface area contributed by atoms with Gasteiger partial charge in [0.1, 0.15) is 5.25 Å². The molecule has 6 nitrogen and oxygen atoms in total. The second-order valence-corrected chi connectivity index (χ2v) is 4.49. The fourth-order valence-corrected chi connectivity index (χ4v) is 2.33. The Bertz CT molecular complexity index is 425. The molecular formula is C10H12N2O4S. The molecule has 1 unspecified atom stereocenters. The maximum atomic E-state index is 10.9. The van der Waals surface area contributed by atoms with E-state index in [0.717, 1.165) is 11.8 Å². The Kier molecular flexibility index (Phi) is 4.92. The van der Waals surface area contributed by atoms with Crippen molar-refractivity contribution in [1.29, 1.82) is 0 Å². The van der Waals surface area contributed by atoms with Crippen molar-refractivity contribution in [2.24, 2.45) is 5.73 Å². The zero-order chi connectivity index (χ0) is 12.8. The van der Waals surface area contributed by atoms with Gasteiger partial charge < -0.3 is 10.8 Å². The van der Waals surface area contributed by atoms with Gasteiger partial charge in [-0.1, -0.05) is 12.1 Å². The molecule has 0 saturated carbocycles. The van der Waals surface area contributed by atoms with Crippen molar-refractivity contribution in [1.82, 2.24) is 0 Å². The Morgan fingerprint density at radius 2 is 2.18 bits per heavy atom. The highest BCUT2D eigenvalue weighted by molar-refractivity contribution is 8.00. The van der Waals surface area contributed by atoms with Crippen LogP contribution >= 0.6 is 11.8 Å². The van der Waals surface area contributed by atoms with E-state index >= 15 is 0 Å². The van der Waals surface area contributed by atoms with Gasteiger partial charge in [0.15, 0.2) is 0 Å². The SMILES string of the molecule is NCCC(Sc1ccccc1[N+](=O)[O-])C(=O)O. The number of carbonyl (C=O) groups is 1. The Morgan fingerprint density at radius 3 is 2.71 bits per heavy atom. The van der Waals surface area contributed by atoms with Gasteiger partial charge in [-0.15, -0.1) is 11.8 Å². The molecule has 0 saturated heterocycles. The number of hydrogen-bond donors (Lipinski definition) is 2. The molecular weight excluding hydrogens is 244 g/mol. The van der Waals surface area contributed by atoms with E-state index < -0.39 is 16.1 Å². The zero-order valence-electron chi connectivity index (χ0n) is 8.91. The first-order valence-electron chi connectivity index (χ1n) is 4.89. The molecule has 1 atom stereocenters. The van der Waals surface area contributed by atoms with Crippen LogP contribution in [0.4, 0.5) is 5.69 Å². The van der Waals surface area contributed by atoms with Gasteiger partial charge in [-0.3, -0.25) is 14.9 Å². The largest absolute Gasteiger partial charge is 0.480 e. The molecule has 0 heterocycles. The van der Waals surface area contributed by atoms with Crippen LogP contribution in [0.1, 0.15) is 6.42 Å². The number of para-hydroxylation sites is 1. The summed E-state index contributed by atoms with van der Waals surface area (Å²) in [6, 6.07) is 6.07. The molecule has 0 fully saturated rings.